The Balaban J connectivity index is 4.14. The van der Waals surface area contributed by atoms with Crippen LogP contribution in [0.15, 0.2) is 12.2 Å². The van der Waals surface area contributed by atoms with Crippen LogP contribution in [0.1, 0.15) is 20.8 Å². The van der Waals surface area contributed by atoms with Gasteiger partial charge in [0.15, 0.2) is 0 Å². The third kappa shape index (κ3) is 3.78. The topological polar surface area (TPSA) is 47.6 Å². The van der Waals surface area contributed by atoms with Crippen molar-refractivity contribution in [2.75, 3.05) is 0 Å². The zero-order valence-electron chi connectivity index (χ0n) is 7.78. The van der Waals surface area contributed by atoms with Gasteiger partial charge in [0.1, 0.15) is 5.92 Å². The van der Waals surface area contributed by atoms with Gasteiger partial charge in [0, 0.05) is 5.92 Å². The Hall–Kier alpha value is -1.28. The Bertz CT molecular complexity index is 213. The standard InChI is InChI=1S/C10H14N2/c1-8(2)4-5-9(3)10(6-11)7-12/h4-5,8-10H,1-3H3. The molecule has 0 aliphatic rings. The van der Waals surface area contributed by atoms with Crippen molar-refractivity contribution in [1.82, 2.24) is 0 Å². The minimum Gasteiger partial charge on any atom is -0.197 e. The lowest BCUT2D eigenvalue weighted by Gasteiger charge is -2.05. The Kier molecular flexibility index (Phi) is 4.81. The molecule has 0 bridgehead atoms. The van der Waals surface area contributed by atoms with Gasteiger partial charge in [-0.3, -0.25) is 0 Å². The van der Waals surface area contributed by atoms with Crippen LogP contribution in [0.4, 0.5) is 0 Å². The van der Waals surface area contributed by atoms with E-state index in [-0.39, 0.29) is 5.92 Å². The first-order valence-electron chi connectivity index (χ1n) is 4.09. The molecule has 0 fully saturated rings. The zero-order chi connectivity index (χ0) is 9.56. The molecule has 0 heterocycles. The van der Waals surface area contributed by atoms with Crippen molar-refractivity contribution in [2.45, 2.75) is 20.8 Å². The van der Waals surface area contributed by atoms with Crippen molar-refractivity contribution in [2.24, 2.45) is 17.8 Å². The first-order chi connectivity index (χ1) is 5.61. The quantitative estimate of drug-likeness (QED) is 0.598. The van der Waals surface area contributed by atoms with Crippen LogP contribution >= 0.6 is 0 Å². The molecule has 2 nitrogen and oxygen atoms in total. The number of nitriles is 2. The summed E-state index contributed by atoms with van der Waals surface area (Å²) in [6.45, 7) is 6.02. The summed E-state index contributed by atoms with van der Waals surface area (Å²) < 4.78 is 0. The Morgan fingerprint density at radius 2 is 1.50 bits per heavy atom. The highest BCUT2D eigenvalue weighted by atomic mass is 14.3. The van der Waals surface area contributed by atoms with Gasteiger partial charge in [0.2, 0.25) is 0 Å². The summed E-state index contributed by atoms with van der Waals surface area (Å²) in [5.41, 5.74) is 0. The van der Waals surface area contributed by atoms with Gasteiger partial charge in [0.25, 0.3) is 0 Å². The molecule has 0 radical (unpaired) electrons. The minimum absolute atomic E-state index is 0.0300. The molecular weight excluding hydrogens is 148 g/mol. The highest BCUT2D eigenvalue weighted by Gasteiger charge is 2.11. The number of nitrogens with zero attached hydrogens (tertiary/aromatic N) is 2. The van der Waals surface area contributed by atoms with Gasteiger partial charge in [-0.15, -0.1) is 0 Å². The monoisotopic (exact) mass is 162 g/mol. The SMILES string of the molecule is CC(C)C=CC(C)C(C#N)C#N. The van der Waals surface area contributed by atoms with Gasteiger partial charge < -0.3 is 0 Å². The van der Waals surface area contributed by atoms with Crippen LogP contribution in [0.2, 0.25) is 0 Å². The normalized spacial score (nSPS) is 13.2. The van der Waals surface area contributed by atoms with Crippen LogP contribution in [-0.2, 0) is 0 Å². The second-order valence-corrected chi connectivity index (χ2v) is 3.22. The van der Waals surface area contributed by atoms with Gasteiger partial charge in [-0.25, -0.2) is 0 Å². The molecular formula is C10H14N2. The molecule has 0 saturated heterocycles. The molecule has 1 unspecified atom stereocenters. The largest absolute Gasteiger partial charge is 0.197 e. The molecule has 0 aromatic carbocycles. The maximum Gasteiger partial charge on any atom is 0.139 e. The van der Waals surface area contributed by atoms with Crippen LogP contribution in [0, 0.1) is 40.4 Å². The lowest BCUT2D eigenvalue weighted by atomic mass is 9.95. The van der Waals surface area contributed by atoms with Crippen molar-refractivity contribution in [1.29, 1.82) is 10.5 Å². The minimum atomic E-state index is -0.514. The fourth-order valence-corrected chi connectivity index (χ4v) is 0.773. The molecule has 0 aromatic rings. The van der Waals surface area contributed by atoms with Gasteiger partial charge in [-0.05, 0) is 5.92 Å². The second-order valence-electron chi connectivity index (χ2n) is 3.22. The molecule has 0 aromatic heterocycles. The third-order valence-corrected chi connectivity index (χ3v) is 1.60. The van der Waals surface area contributed by atoms with E-state index in [0.717, 1.165) is 0 Å². The maximum absolute atomic E-state index is 8.56. The van der Waals surface area contributed by atoms with E-state index in [1.165, 1.54) is 0 Å². The van der Waals surface area contributed by atoms with Gasteiger partial charge in [-0.1, -0.05) is 32.9 Å². The molecule has 64 valence electrons. The maximum atomic E-state index is 8.56. The average molecular weight is 162 g/mol. The molecule has 2 heteroatoms. The highest BCUT2D eigenvalue weighted by molar-refractivity contribution is 5.07. The Morgan fingerprint density at radius 3 is 1.83 bits per heavy atom. The Morgan fingerprint density at radius 1 is 1.00 bits per heavy atom. The summed E-state index contributed by atoms with van der Waals surface area (Å²) in [4.78, 5) is 0. The van der Waals surface area contributed by atoms with Crippen LogP contribution in [0.3, 0.4) is 0 Å². The predicted molar refractivity (Wildman–Crippen MR) is 47.9 cm³/mol. The van der Waals surface area contributed by atoms with E-state index in [9.17, 15) is 0 Å². The highest BCUT2D eigenvalue weighted by Crippen LogP contribution is 2.12. The van der Waals surface area contributed by atoms with Crippen molar-refractivity contribution in [3.05, 3.63) is 12.2 Å². The fourth-order valence-electron chi connectivity index (χ4n) is 0.773. The number of hydrogen-bond donors (Lipinski definition) is 0. The van der Waals surface area contributed by atoms with E-state index in [0.29, 0.717) is 5.92 Å². The third-order valence-electron chi connectivity index (χ3n) is 1.60. The van der Waals surface area contributed by atoms with Crippen molar-refractivity contribution in [3.8, 4) is 12.1 Å². The lowest BCUT2D eigenvalue weighted by Crippen LogP contribution is -2.04. The lowest BCUT2D eigenvalue weighted by molar-refractivity contribution is 0.627. The first kappa shape index (κ1) is 10.7. The summed E-state index contributed by atoms with van der Waals surface area (Å²) in [6.07, 6.45) is 3.95. The van der Waals surface area contributed by atoms with Crippen molar-refractivity contribution < 1.29 is 0 Å². The van der Waals surface area contributed by atoms with Gasteiger partial charge in [0.05, 0.1) is 12.1 Å². The van der Waals surface area contributed by atoms with Crippen LogP contribution in [0.25, 0.3) is 0 Å². The van der Waals surface area contributed by atoms with Crippen molar-refractivity contribution in [3.63, 3.8) is 0 Å². The molecule has 0 aliphatic heterocycles. The summed E-state index contributed by atoms with van der Waals surface area (Å²) >= 11 is 0. The molecule has 0 amide bonds. The molecule has 0 saturated carbocycles. The van der Waals surface area contributed by atoms with Crippen molar-refractivity contribution >= 4 is 0 Å². The van der Waals surface area contributed by atoms with Crippen LogP contribution in [-0.4, -0.2) is 0 Å². The van der Waals surface area contributed by atoms with Crippen LogP contribution in [0.5, 0.6) is 0 Å². The fraction of sp³-hybridized carbons (Fsp3) is 0.600. The number of rotatable bonds is 3. The Labute approximate surface area is 74.1 Å². The van der Waals surface area contributed by atoms with E-state index in [1.54, 1.807) is 0 Å². The zero-order valence-corrected chi connectivity index (χ0v) is 7.78. The van der Waals surface area contributed by atoms with E-state index in [4.69, 9.17) is 10.5 Å². The number of allylic oxidation sites excluding steroid dienone is 2. The molecule has 12 heavy (non-hydrogen) atoms. The van der Waals surface area contributed by atoms with Gasteiger partial charge >= 0.3 is 0 Å². The second kappa shape index (κ2) is 5.38. The molecule has 0 aliphatic carbocycles. The summed E-state index contributed by atoms with van der Waals surface area (Å²) in [6, 6.07) is 3.93. The van der Waals surface area contributed by atoms with E-state index < -0.39 is 5.92 Å². The van der Waals surface area contributed by atoms with E-state index in [2.05, 4.69) is 13.8 Å². The number of hydrogen-bond acceptors (Lipinski definition) is 2. The molecule has 0 N–H and O–H groups in total. The average Bonchev–Trinajstić information content (AvgIpc) is 2.03. The molecule has 1 atom stereocenters. The smallest absolute Gasteiger partial charge is 0.139 e. The summed E-state index contributed by atoms with van der Waals surface area (Å²) in [5, 5.41) is 17.1. The van der Waals surface area contributed by atoms with Crippen LogP contribution < -0.4 is 0 Å². The van der Waals surface area contributed by atoms with E-state index in [1.807, 2.05) is 31.2 Å². The molecule has 0 rings (SSSR count). The predicted octanol–water partition coefficient (Wildman–Crippen LogP) is 2.50. The summed E-state index contributed by atoms with van der Waals surface area (Å²) in [7, 11) is 0. The first-order valence-corrected chi connectivity index (χ1v) is 4.09. The molecule has 0 spiro atoms. The summed E-state index contributed by atoms with van der Waals surface area (Å²) in [5.74, 6) is -0.00659. The van der Waals surface area contributed by atoms with Gasteiger partial charge in [-0.2, -0.15) is 10.5 Å². The van der Waals surface area contributed by atoms with E-state index >= 15 is 0 Å².